The number of hydrogen-bond donors (Lipinski definition) is 2. The Bertz CT molecular complexity index is 680. The van der Waals surface area contributed by atoms with E-state index in [9.17, 15) is 4.79 Å². The summed E-state index contributed by atoms with van der Waals surface area (Å²) < 4.78 is 0. The van der Waals surface area contributed by atoms with Crippen LogP contribution in [0.5, 0.6) is 0 Å². The fraction of sp³-hybridized carbons (Fsp3) is 0.353. The Balaban J connectivity index is 2.16. The highest BCUT2D eigenvalue weighted by molar-refractivity contribution is 6.33. The number of unbranched alkanes of at least 4 members (excludes halogenated alkanes) is 1. The highest BCUT2D eigenvalue weighted by Gasteiger charge is 2.10. The molecule has 0 spiro atoms. The number of hydrogen-bond acceptors (Lipinski definition) is 4. The third-order valence-corrected chi connectivity index (χ3v) is 3.70. The van der Waals surface area contributed by atoms with Gasteiger partial charge in [-0.2, -0.15) is 0 Å². The minimum atomic E-state index is -0.198. The van der Waals surface area contributed by atoms with Gasteiger partial charge in [0.1, 0.15) is 17.8 Å². The van der Waals surface area contributed by atoms with Crippen LogP contribution in [0.25, 0.3) is 0 Å². The van der Waals surface area contributed by atoms with E-state index < -0.39 is 0 Å². The standard InChI is InChI=1S/C17H21ClN4O/c1-4-5-6-19-17(23)14-9-15(21-10-20-14)22-16-12(3)7-11(2)8-13(16)18/h7-10H,4-6H2,1-3H3,(H,19,23)(H,20,21,22). The van der Waals surface area contributed by atoms with Crippen LogP contribution in [0.2, 0.25) is 5.02 Å². The molecule has 1 amide bonds. The molecule has 1 aromatic carbocycles. The second kappa shape index (κ2) is 7.92. The van der Waals surface area contributed by atoms with Gasteiger partial charge in [-0.15, -0.1) is 0 Å². The molecule has 0 aliphatic rings. The van der Waals surface area contributed by atoms with E-state index >= 15 is 0 Å². The Labute approximate surface area is 141 Å². The van der Waals surface area contributed by atoms with Crippen LogP contribution in [0, 0.1) is 13.8 Å². The molecule has 0 bridgehead atoms. The quantitative estimate of drug-likeness (QED) is 0.784. The van der Waals surface area contributed by atoms with Gasteiger partial charge in [0.15, 0.2) is 0 Å². The molecule has 0 saturated carbocycles. The third kappa shape index (κ3) is 4.66. The molecule has 5 nitrogen and oxygen atoms in total. The number of nitrogens with zero attached hydrogens (tertiary/aromatic N) is 2. The second-order valence-corrected chi connectivity index (χ2v) is 5.87. The van der Waals surface area contributed by atoms with Crippen molar-refractivity contribution in [3.63, 3.8) is 0 Å². The molecule has 0 saturated heterocycles. The lowest BCUT2D eigenvalue weighted by Gasteiger charge is -2.12. The number of rotatable bonds is 6. The normalized spacial score (nSPS) is 10.4. The van der Waals surface area contributed by atoms with Crippen molar-refractivity contribution >= 4 is 29.0 Å². The molecule has 0 fully saturated rings. The van der Waals surface area contributed by atoms with Crippen molar-refractivity contribution in [2.45, 2.75) is 33.6 Å². The zero-order valence-corrected chi connectivity index (χ0v) is 14.4. The Morgan fingerprint density at radius 3 is 2.70 bits per heavy atom. The molecule has 2 N–H and O–H groups in total. The largest absolute Gasteiger partial charge is 0.351 e. The molecule has 2 rings (SSSR count). The minimum Gasteiger partial charge on any atom is -0.351 e. The smallest absolute Gasteiger partial charge is 0.270 e. The Morgan fingerprint density at radius 1 is 1.22 bits per heavy atom. The Kier molecular flexibility index (Phi) is 5.93. The van der Waals surface area contributed by atoms with Crippen LogP contribution in [0.1, 0.15) is 41.4 Å². The van der Waals surface area contributed by atoms with E-state index in [0.717, 1.165) is 29.7 Å². The number of carbonyl (C=O) groups excluding carboxylic acids is 1. The fourth-order valence-corrected chi connectivity index (χ4v) is 2.59. The van der Waals surface area contributed by atoms with E-state index in [0.29, 0.717) is 23.1 Å². The number of benzene rings is 1. The van der Waals surface area contributed by atoms with Crippen molar-refractivity contribution < 1.29 is 4.79 Å². The van der Waals surface area contributed by atoms with E-state index in [1.165, 1.54) is 6.33 Å². The number of anilines is 2. The lowest BCUT2D eigenvalue weighted by atomic mass is 10.1. The van der Waals surface area contributed by atoms with Crippen LogP contribution in [0.3, 0.4) is 0 Å². The summed E-state index contributed by atoms with van der Waals surface area (Å²) in [6, 6.07) is 5.54. The zero-order valence-electron chi connectivity index (χ0n) is 13.6. The average Bonchev–Trinajstić information content (AvgIpc) is 2.51. The summed E-state index contributed by atoms with van der Waals surface area (Å²) in [7, 11) is 0. The SMILES string of the molecule is CCCCNC(=O)c1cc(Nc2c(C)cc(C)cc2Cl)ncn1. The first-order chi connectivity index (χ1) is 11.0. The first-order valence-corrected chi connectivity index (χ1v) is 8.03. The molecule has 0 radical (unpaired) electrons. The summed E-state index contributed by atoms with van der Waals surface area (Å²) in [5.41, 5.74) is 3.23. The molecule has 122 valence electrons. The van der Waals surface area contributed by atoms with Gasteiger partial charge in [-0.25, -0.2) is 9.97 Å². The van der Waals surface area contributed by atoms with Crippen LogP contribution in [-0.2, 0) is 0 Å². The van der Waals surface area contributed by atoms with Crippen molar-refractivity contribution in [3.8, 4) is 0 Å². The summed E-state index contributed by atoms with van der Waals surface area (Å²) >= 11 is 6.29. The monoisotopic (exact) mass is 332 g/mol. The van der Waals surface area contributed by atoms with Crippen molar-refractivity contribution in [2.75, 3.05) is 11.9 Å². The summed E-state index contributed by atoms with van der Waals surface area (Å²) in [5, 5.41) is 6.63. The summed E-state index contributed by atoms with van der Waals surface area (Å²) in [6.07, 6.45) is 3.34. The van der Waals surface area contributed by atoms with E-state index in [2.05, 4.69) is 27.5 Å². The predicted molar refractivity (Wildman–Crippen MR) is 93.5 cm³/mol. The number of aryl methyl sites for hydroxylation is 2. The van der Waals surface area contributed by atoms with Crippen molar-refractivity contribution in [2.24, 2.45) is 0 Å². The average molecular weight is 333 g/mol. The van der Waals surface area contributed by atoms with Crippen LogP contribution in [0.15, 0.2) is 24.5 Å². The topological polar surface area (TPSA) is 66.9 Å². The molecule has 6 heteroatoms. The maximum Gasteiger partial charge on any atom is 0.270 e. The van der Waals surface area contributed by atoms with E-state index in [1.807, 2.05) is 26.0 Å². The minimum absolute atomic E-state index is 0.198. The van der Waals surface area contributed by atoms with Gasteiger partial charge in [0.25, 0.3) is 5.91 Å². The number of aromatic nitrogens is 2. The van der Waals surface area contributed by atoms with E-state index in [-0.39, 0.29) is 5.91 Å². The van der Waals surface area contributed by atoms with E-state index in [1.54, 1.807) is 6.07 Å². The molecule has 0 unspecified atom stereocenters. The molecule has 1 aromatic heterocycles. The maximum atomic E-state index is 12.0. The molecule has 0 atom stereocenters. The van der Waals surface area contributed by atoms with Crippen molar-refractivity contribution in [1.29, 1.82) is 0 Å². The van der Waals surface area contributed by atoms with Crippen LogP contribution < -0.4 is 10.6 Å². The molecule has 1 heterocycles. The summed E-state index contributed by atoms with van der Waals surface area (Å²) in [6.45, 7) is 6.68. The zero-order chi connectivity index (χ0) is 16.8. The van der Waals surface area contributed by atoms with Gasteiger partial charge >= 0.3 is 0 Å². The highest BCUT2D eigenvalue weighted by Crippen LogP contribution is 2.29. The molecule has 23 heavy (non-hydrogen) atoms. The third-order valence-electron chi connectivity index (χ3n) is 3.40. The van der Waals surface area contributed by atoms with Gasteiger partial charge in [0, 0.05) is 12.6 Å². The summed E-state index contributed by atoms with van der Waals surface area (Å²) in [4.78, 5) is 20.2. The van der Waals surface area contributed by atoms with Crippen molar-refractivity contribution in [3.05, 3.63) is 46.4 Å². The van der Waals surface area contributed by atoms with Gasteiger partial charge in [-0.05, 0) is 37.5 Å². The number of halogens is 1. The predicted octanol–water partition coefficient (Wildman–Crippen LogP) is 4.02. The number of nitrogens with one attached hydrogen (secondary N) is 2. The van der Waals surface area contributed by atoms with Gasteiger partial charge < -0.3 is 10.6 Å². The first kappa shape index (κ1) is 17.2. The molecular weight excluding hydrogens is 312 g/mol. The Hall–Kier alpha value is -2.14. The van der Waals surface area contributed by atoms with Gasteiger partial charge in [-0.1, -0.05) is 31.0 Å². The molecular formula is C17H21ClN4O. The van der Waals surface area contributed by atoms with Crippen molar-refractivity contribution in [1.82, 2.24) is 15.3 Å². The molecule has 2 aromatic rings. The second-order valence-electron chi connectivity index (χ2n) is 5.46. The van der Waals surface area contributed by atoms with Gasteiger partial charge in [-0.3, -0.25) is 4.79 Å². The lowest BCUT2D eigenvalue weighted by Crippen LogP contribution is -2.25. The van der Waals surface area contributed by atoms with Gasteiger partial charge in [0.05, 0.1) is 10.7 Å². The number of amides is 1. The first-order valence-electron chi connectivity index (χ1n) is 7.65. The Morgan fingerprint density at radius 2 is 2.00 bits per heavy atom. The summed E-state index contributed by atoms with van der Waals surface area (Å²) in [5.74, 6) is 0.338. The van der Waals surface area contributed by atoms with Crippen LogP contribution >= 0.6 is 11.6 Å². The molecule has 0 aliphatic heterocycles. The van der Waals surface area contributed by atoms with Crippen LogP contribution in [0.4, 0.5) is 11.5 Å². The number of carbonyl (C=O) groups is 1. The van der Waals surface area contributed by atoms with Crippen LogP contribution in [-0.4, -0.2) is 22.4 Å². The van der Waals surface area contributed by atoms with E-state index in [4.69, 9.17) is 11.6 Å². The highest BCUT2D eigenvalue weighted by atomic mass is 35.5. The lowest BCUT2D eigenvalue weighted by molar-refractivity contribution is 0.0948. The fourth-order valence-electron chi connectivity index (χ4n) is 2.22. The molecule has 0 aliphatic carbocycles. The van der Waals surface area contributed by atoms with Gasteiger partial charge in [0.2, 0.25) is 0 Å². The maximum absolute atomic E-state index is 12.0.